The second kappa shape index (κ2) is 11.6. The minimum Gasteiger partial charge on any atom is -0.396 e. The number of halogens is 1. The van der Waals surface area contributed by atoms with Crippen molar-refractivity contribution in [2.75, 3.05) is 18.5 Å². The molecule has 10 heteroatoms. The van der Waals surface area contributed by atoms with Crippen LogP contribution in [-0.4, -0.2) is 57.5 Å². The SMILES string of the molecule is CC(C)CC(CO)NC(=O)CC1c2nc(NC(=O)c3ccc(F)cc3)sc2CC2C(C)(CO)C(O)CCC12C. The van der Waals surface area contributed by atoms with Crippen molar-refractivity contribution in [3.63, 3.8) is 0 Å². The molecule has 39 heavy (non-hydrogen) atoms. The van der Waals surface area contributed by atoms with E-state index in [0.717, 1.165) is 10.6 Å². The van der Waals surface area contributed by atoms with Crippen LogP contribution in [0.3, 0.4) is 0 Å². The first-order valence-electron chi connectivity index (χ1n) is 13.7. The lowest BCUT2D eigenvalue weighted by Crippen LogP contribution is -2.58. The quantitative estimate of drug-likeness (QED) is 0.316. The third-order valence-corrected chi connectivity index (χ3v) is 9.96. The largest absolute Gasteiger partial charge is 0.396 e. The van der Waals surface area contributed by atoms with Crippen LogP contribution < -0.4 is 10.6 Å². The molecule has 214 valence electrons. The summed E-state index contributed by atoms with van der Waals surface area (Å²) in [5.41, 5.74) is -0.131. The Labute approximate surface area is 233 Å². The highest BCUT2D eigenvalue weighted by Crippen LogP contribution is 2.62. The fourth-order valence-electron chi connectivity index (χ4n) is 6.69. The van der Waals surface area contributed by atoms with Crippen molar-refractivity contribution >= 4 is 28.3 Å². The van der Waals surface area contributed by atoms with Crippen LogP contribution in [0.25, 0.3) is 0 Å². The highest BCUT2D eigenvalue weighted by Gasteiger charge is 2.59. The number of nitrogens with one attached hydrogen (secondary N) is 2. The predicted octanol–water partition coefficient (Wildman–Crippen LogP) is 3.86. The Hall–Kier alpha value is -2.40. The van der Waals surface area contributed by atoms with E-state index in [-0.39, 0.29) is 43.4 Å². The Morgan fingerprint density at radius 2 is 1.90 bits per heavy atom. The van der Waals surface area contributed by atoms with Gasteiger partial charge in [-0.2, -0.15) is 0 Å². The number of benzene rings is 1. The number of fused-ring (bicyclic) bond motifs is 2. The molecule has 0 aliphatic heterocycles. The molecule has 6 unspecified atom stereocenters. The van der Waals surface area contributed by atoms with Gasteiger partial charge in [0.25, 0.3) is 5.91 Å². The lowest BCUT2D eigenvalue weighted by molar-refractivity contribution is -0.144. The molecule has 2 aliphatic rings. The van der Waals surface area contributed by atoms with Crippen LogP contribution in [0.4, 0.5) is 9.52 Å². The average Bonchev–Trinajstić information content (AvgIpc) is 3.29. The number of carbonyl (C=O) groups excluding carboxylic acids is 2. The lowest BCUT2D eigenvalue weighted by Gasteiger charge is -2.58. The molecule has 0 radical (unpaired) electrons. The van der Waals surface area contributed by atoms with Gasteiger partial charge >= 0.3 is 0 Å². The van der Waals surface area contributed by atoms with Gasteiger partial charge in [-0.15, -0.1) is 11.3 Å². The van der Waals surface area contributed by atoms with Crippen LogP contribution >= 0.6 is 11.3 Å². The molecule has 1 aromatic heterocycles. The number of thiazole rings is 1. The first-order chi connectivity index (χ1) is 18.4. The molecule has 1 fully saturated rings. The van der Waals surface area contributed by atoms with Gasteiger partial charge in [-0.05, 0) is 67.2 Å². The van der Waals surface area contributed by atoms with E-state index in [0.29, 0.717) is 42.3 Å². The molecule has 6 atom stereocenters. The van der Waals surface area contributed by atoms with Crippen molar-refractivity contribution in [1.82, 2.24) is 10.3 Å². The summed E-state index contributed by atoms with van der Waals surface area (Å²) in [5, 5.41) is 37.4. The van der Waals surface area contributed by atoms with Gasteiger partial charge < -0.3 is 20.6 Å². The third kappa shape index (κ3) is 5.89. The lowest BCUT2D eigenvalue weighted by atomic mass is 9.47. The fourth-order valence-corrected chi connectivity index (χ4v) is 7.75. The summed E-state index contributed by atoms with van der Waals surface area (Å²) in [6, 6.07) is 4.91. The summed E-state index contributed by atoms with van der Waals surface area (Å²) in [7, 11) is 0. The molecule has 1 heterocycles. The maximum absolute atomic E-state index is 13.3. The summed E-state index contributed by atoms with van der Waals surface area (Å²) in [4.78, 5) is 31.9. The Kier molecular flexibility index (Phi) is 8.80. The molecule has 4 rings (SSSR count). The van der Waals surface area contributed by atoms with Crippen molar-refractivity contribution in [2.45, 2.75) is 77.9 Å². The van der Waals surface area contributed by atoms with E-state index < -0.39 is 28.7 Å². The fraction of sp³-hybridized carbons (Fsp3) is 0.621. The zero-order chi connectivity index (χ0) is 28.5. The Balaban J connectivity index is 1.67. The van der Waals surface area contributed by atoms with Crippen molar-refractivity contribution < 1.29 is 29.3 Å². The van der Waals surface area contributed by atoms with E-state index >= 15 is 0 Å². The van der Waals surface area contributed by atoms with Gasteiger partial charge in [-0.25, -0.2) is 9.37 Å². The van der Waals surface area contributed by atoms with E-state index in [1.54, 1.807) is 0 Å². The number of nitrogens with zero attached hydrogens (tertiary/aromatic N) is 1. The van der Waals surface area contributed by atoms with Gasteiger partial charge in [0.1, 0.15) is 5.82 Å². The monoisotopic (exact) mass is 561 g/mol. The highest BCUT2D eigenvalue weighted by molar-refractivity contribution is 7.15. The van der Waals surface area contributed by atoms with Crippen LogP contribution in [0.1, 0.15) is 80.2 Å². The van der Waals surface area contributed by atoms with Crippen molar-refractivity contribution in [3.05, 3.63) is 46.2 Å². The number of amides is 2. The van der Waals surface area contributed by atoms with Gasteiger partial charge in [0.05, 0.1) is 31.1 Å². The van der Waals surface area contributed by atoms with E-state index in [1.165, 1.54) is 35.6 Å². The molecule has 0 saturated heterocycles. The first kappa shape index (κ1) is 29.6. The smallest absolute Gasteiger partial charge is 0.257 e. The molecule has 1 aromatic carbocycles. The van der Waals surface area contributed by atoms with E-state index in [2.05, 4.69) is 17.6 Å². The van der Waals surface area contributed by atoms with Crippen LogP contribution in [0.15, 0.2) is 24.3 Å². The summed E-state index contributed by atoms with van der Waals surface area (Å²) >= 11 is 1.33. The number of anilines is 1. The summed E-state index contributed by atoms with van der Waals surface area (Å²) < 4.78 is 13.3. The number of hydrogen-bond donors (Lipinski definition) is 5. The zero-order valence-electron chi connectivity index (χ0n) is 23.0. The van der Waals surface area contributed by atoms with Crippen LogP contribution in [0.2, 0.25) is 0 Å². The number of hydrogen-bond acceptors (Lipinski definition) is 7. The third-order valence-electron chi connectivity index (χ3n) is 8.95. The Morgan fingerprint density at radius 1 is 1.21 bits per heavy atom. The molecular formula is C29H40FN3O5S. The van der Waals surface area contributed by atoms with Gasteiger partial charge in [-0.3, -0.25) is 14.9 Å². The first-order valence-corrected chi connectivity index (χ1v) is 14.5. The van der Waals surface area contributed by atoms with Crippen molar-refractivity contribution in [3.8, 4) is 0 Å². The number of carbonyl (C=O) groups is 2. The molecule has 5 N–H and O–H groups in total. The predicted molar refractivity (Wildman–Crippen MR) is 148 cm³/mol. The van der Waals surface area contributed by atoms with E-state index in [1.807, 2.05) is 20.8 Å². The standard InChI is InChI=1S/C29H40FN3O5S/c1-16(2)11-19(14-34)31-24(37)12-20-25-21(13-22-28(20,3)10-9-23(36)29(22,4)15-35)39-27(32-25)33-26(38)17-5-7-18(30)8-6-17/h5-8,16,19-20,22-23,34-36H,9-15H2,1-4H3,(H,31,37)(H,32,33,38). The minimum absolute atomic E-state index is 0.116. The molecule has 8 nitrogen and oxygen atoms in total. The maximum Gasteiger partial charge on any atom is 0.257 e. The molecule has 1 saturated carbocycles. The summed E-state index contributed by atoms with van der Waals surface area (Å²) in [6.07, 6.45) is 1.85. The maximum atomic E-state index is 13.3. The molecule has 0 bridgehead atoms. The minimum atomic E-state index is -0.758. The topological polar surface area (TPSA) is 132 Å². The Bertz CT molecular complexity index is 1190. The summed E-state index contributed by atoms with van der Waals surface area (Å²) in [5.74, 6) is -1.14. The Morgan fingerprint density at radius 3 is 2.51 bits per heavy atom. The van der Waals surface area contributed by atoms with Gasteiger partial charge in [0.2, 0.25) is 5.91 Å². The van der Waals surface area contributed by atoms with E-state index in [4.69, 9.17) is 4.98 Å². The second-order valence-electron chi connectivity index (χ2n) is 12.1. The second-order valence-corrected chi connectivity index (χ2v) is 13.2. The highest BCUT2D eigenvalue weighted by atomic mass is 32.1. The van der Waals surface area contributed by atoms with Crippen LogP contribution in [0.5, 0.6) is 0 Å². The van der Waals surface area contributed by atoms with E-state index in [9.17, 15) is 29.3 Å². The summed E-state index contributed by atoms with van der Waals surface area (Å²) in [6.45, 7) is 7.76. The number of aliphatic hydroxyl groups excluding tert-OH is 3. The zero-order valence-corrected chi connectivity index (χ0v) is 23.9. The average molecular weight is 562 g/mol. The van der Waals surface area contributed by atoms with Crippen LogP contribution in [-0.2, 0) is 11.2 Å². The number of aliphatic hydroxyl groups is 3. The van der Waals surface area contributed by atoms with Crippen molar-refractivity contribution in [2.24, 2.45) is 22.7 Å². The van der Waals surface area contributed by atoms with Gasteiger partial charge in [0, 0.05) is 28.2 Å². The van der Waals surface area contributed by atoms with Gasteiger partial charge in [-0.1, -0.05) is 27.7 Å². The van der Waals surface area contributed by atoms with Crippen LogP contribution in [0, 0.1) is 28.5 Å². The molecule has 0 spiro atoms. The molecule has 2 amide bonds. The van der Waals surface area contributed by atoms with Crippen molar-refractivity contribution in [1.29, 1.82) is 0 Å². The normalized spacial score (nSPS) is 28.9. The molecular weight excluding hydrogens is 521 g/mol. The molecule has 2 aromatic rings. The van der Waals surface area contributed by atoms with Gasteiger partial charge in [0.15, 0.2) is 5.13 Å². The number of aromatic nitrogens is 1. The number of rotatable bonds is 9. The molecule has 2 aliphatic carbocycles.